The Labute approximate surface area is 123 Å². The third kappa shape index (κ3) is 2.52. The first-order valence-electron chi connectivity index (χ1n) is 6.96. The van der Waals surface area contributed by atoms with E-state index in [9.17, 15) is 13.2 Å². The Bertz CT molecular complexity index is 624. The molecule has 21 heavy (non-hydrogen) atoms. The molecule has 116 valence electrons. The zero-order valence-electron chi connectivity index (χ0n) is 11.4. The molecule has 1 saturated carbocycles. The second kappa shape index (κ2) is 5.20. The van der Waals surface area contributed by atoms with E-state index in [1.807, 2.05) is 0 Å². The fraction of sp³-hybridized carbons (Fsp3) is 0.750. The number of rotatable bonds is 2. The standard InChI is InChI=1S/C12H16F3N5S/c13-12(14,15)8-17-18-10-20(8)19-9(21-10)11(7-16)5-3-1-2-4-6-11/h1-7,16H2. The van der Waals surface area contributed by atoms with Crippen molar-refractivity contribution in [2.45, 2.75) is 50.1 Å². The summed E-state index contributed by atoms with van der Waals surface area (Å²) in [5.74, 6) is -1.07. The highest BCUT2D eigenvalue weighted by atomic mass is 32.1. The van der Waals surface area contributed by atoms with Crippen LogP contribution in [0.3, 0.4) is 0 Å². The molecule has 0 bridgehead atoms. The van der Waals surface area contributed by atoms with Crippen LogP contribution in [0.4, 0.5) is 13.2 Å². The van der Waals surface area contributed by atoms with Gasteiger partial charge >= 0.3 is 6.18 Å². The molecule has 0 spiro atoms. The Morgan fingerprint density at radius 3 is 2.38 bits per heavy atom. The summed E-state index contributed by atoms with van der Waals surface area (Å²) in [5.41, 5.74) is 5.64. The minimum Gasteiger partial charge on any atom is -0.329 e. The van der Waals surface area contributed by atoms with Gasteiger partial charge in [-0.15, -0.1) is 10.2 Å². The Kier molecular flexibility index (Phi) is 3.64. The molecule has 1 aliphatic rings. The van der Waals surface area contributed by atoms with Crippen molar-refractivity contribution in [1.29, 1.82) is 0 Å². The van der Waals surface area contributed by atoms with Crippen molar-refractivity contribution in [1.82, 2.24) is 19.8 Å². The van der Waals surface area contributed by atoms with Crippen LogP contribution in [0.1, 0.15) is 49.4 Å². The van der Waals surface area contributed by atoms with E-state index >= 15 is 0 Å². The number of hydrogen-bond acceptors (Lipinski definition) is 5. The molecule has 1 fully saturated rings. The molecule has 0 amide bonds. The van der Waals surface area contributed by atoms with Crippen LogP contribution in [0.15, 0.2) is 0 Å². The molecular formula is C12H16F3N5S. The van der Waals surface area contributed by atoms with Gasteiger partial charge in [-0.1, -0.05) is 37.0 Å². The summed E-state index contributed by atoms with van der Waals surface area (Å²) in [6.07, 6.45) is 1.53. The van der Waals surface area contributed by atoms with Gasteiger partial charge in [-0.25, -0.2) is 0 Å². The van der Waals surface area contributed by atoms with Gasteiger partial charge in [-0.3, -0.25) is 0 Å². The van der Waals surface area contributed by atoms with Gasteiger partial charge in [0.2, 0.25) is 4.96 Å². The van der Waals surface area contributed by atoms with E-state index in [0.717, 1.165) is 43.0 Å². The lowest BCUT2D eigenvalue weighted by Crippen LogP contribution is -2.34. The van der Waals surface area contributed by atoms with E-state index in [2.05, 4.69) is 15.3 Å². The maximum atomic E-state index is 12.9. The predicted octanol–water partition coefficient (Wildman–Crippen LogP) is 2.76. The maximum Gasteiger partial charge on any atom is 0.453 e. The molecule has 0 unspecified atom stereocenters. The first kappa shape index (κ1) is 14.7. The number of halogens is 3. The van der Waals surface area contributed by atoms with Gasteiger partial charge in [0.15, 0.2) is 0 Å². The van der Waals surface area contributed by atoms with Crippen LogP contribution in [-0.2, 0) is 11.6 Å². The lowest BCUT2D eigenvalue weighted by molar-refractivity contribution is -0.146. The molecule has 0 atom stereocenters. The summed E-state index contributed by atoms with van der Waals surface area (Å²) in [6, 6.07) is 0. The predicted molar refractivity (Wildman–Crippen MR) is 72.1 cm³/mol. The Morgan fingerprint density at radius 2 is 1.81 bits per heavy atom. The molecule has 2 heterocycles. The number of fused-ring (bicyclic) bond motifs is 1. The second-order valence-corrected chi connectivity index (χ2v) is 6.48. The van der Waals surface area contributed by atoms with Gasteiger partial charge in [0.05, 0.1) is 0 Å². The second-order valence-electron chi connectivity index (χ2n) is 5.52. The van der Waals surface area contributed by atoms with E-state index < -0.39 is 12.0 Å². The number of nitrogens with two attached hydrogens (primary N) is 1. The van der Waals surface area contributed by atoms with Crippen molar-refractivity contribution >= 4 is 16.3 Å². The summed E-state index contributed by atoms with van der Waals surface area (Å²) < 4.78 is 39.4. The van der Waals surface area contributed by atoms with Crippen LogP contribution in [0.5, 0.6) is 0 Å². The number of hydrogen-bond donors (Lipinski definition) is 1. The zero-order chi connectivity index (χ0) is 15.1. The molecule has 0 radical (unpaired) electrons. The van der Waals surface area contributed by atoms with Gasteiger partial charge in [-0.05, 0) is 12.8 Å². The van der Waals surface area contributed by atoms with Crippen molar-refractivity contribution in [3.8, 4) is 0 Å². The molecule has 0 saturated heterocycles. The normalized spacial score (nSPS) is 19.8. The molecule has 3 rings (SSSR count). The van der Waals surface area contributed by atoms with E-state index in [0.29, 0.717) is 11.6 Å². The third-order valence-corrected chi connectivity index (χ3v) is 5.29. The molecule has 5 nitrogen and oxygen atoms in total. The average Bonchev–Trinajstić information content (AvgIpc) is 2.91. The van der Waals surface area contributed by atoms with E-state index in [1.165, 1.54) is 11.3 Å². The SMILES string of the molecule is NCC1(c2nn3c(C(F)(F)F)nnc3s2)CCCCCC1. The highest BCUT2D eigenvalue weighted by Gasteiger charge is 2.40. The fourth-order valence-electron chi connectivity index (χ4n) is 2.92. The van der Waals surface area contributed by atoms with Crippen molar-refractivity contribution in [2.75, 3.05) is 6.54 Å². The van der Waals surface area contributed by atoms with Crippen LogP contribution >= 0.6 is 11.3 Å². The molecule has 2 aromatic heterocycles. The third-order valence-electron chi connectivity index (χ3n) is 4.15. The molecule has 0 aromatic carbocycles. The van der Waals surface area contributed by atoms with Crippen LogP contribution in [-0.4, -0.2) is 26.4 Å². The first-order chi connectivity index (χ1) is 9.96. The van der Waals surface area contributed by atoms with Crippen molar-refractivity contribution in [3.63, 3.8) is 0 Å². The summed E-state index contributed by atoms with van der Waals surface area (Å²) in [5, 5.41) is 11.6. The van der Waals surface area contributed by atoms with Crippen LogP contribution < -0.4 is 5.73 Å². The van der Waals surface area contributed by atoms with E-state index in [4.69, 9.17) is 5.73 Å². The molecule has 2 aromatic rings. The lowest BCUT2D eigenvalue weighted by Gasteiger charge is -2.28. The smallest absolute Gasteiger partial charge is 0.329 e. The minimum absolute atomic E-state index is 0.175. The number of nitrogens with zero attached hydrogens (tertiary/aromatic N) is 4. The van der Waals surface area contributed by atoms with E-state index in [-0.39, 0.29) is 10.4 Å². The molecule has 0 aliphatic heterocycles. The Hall–Kier alpha value is -1.22. The fourth-order valence-corrected chi connectivity index (χ4v) is 4.01. The van der Waals surface area contributed by atoms with Crippen molar-refractivity contribution in [3.05, 3.63) is 10.8 Å². The quantitative estimate of drug-likeness (QED) is 0.864. The highest BCUT2D eigenvalue weighted by molar-refractivity contribution is 7.16. The first-order valence-corrected chi connectivity index (χ1v) is 7.78. The van der Waals surface area contributed by atoms with E-state index in [1.54, 1.807) is 0 Å². The maximum absolute atomic E-state index is 12.9. The van der Waals surface area contributed by atoms with Gasteiger partial charge in [0, 0.05) is 12.0 Å². The van der Waals surface area contributed by atoms with Gasteiger partial charge in [0.25, 0.3) is 5.82 Å². The topological polar surface area (TPSA) is 69.1 Å². The lowest BCUT2D eigenvalue weighted by atomic mass is 9.81. The largest absolute Gasteiger partial charge is 0.453 e. The summed E-state index contributed by atoms with van der Waals surface area (Å²) in [4.78, 5) is 0.175. The monoisotopic (exact) mass is 319 g/mol. The van der Waals surface area contributed by atoms with Crippen LogP contribution in [0, 0.1) is 0 Å². The average molecular weight is 319 g/mol. The molecule has 1 aliphatic carbocycles. The van der Waals surface area contributed by atoms with Crippen molar-refractivity contribution in [2.24, 2.45) is 5.73 Å². The van der Waals surface area contributed by atoms with Crippen LogP contribution in [0.25, 0.3) is 4.96 Å². The number of aromatic nitrogens is 4. The van der Waals surface area contributed by atoms with Gasteiger partial charge < -0.3 is 5.73 Å². The van der Waals surface area contributed by atoms with Crippen LogP contribution in [0.2, 0.25) is 0 Å². The van der Waals surface area contributed by atoms with Crippen molar-refractivity contribution < 1.29 is 13.2 Å². The summed E-state index contributed by atoms with van der Waals surface area (Å²) in [6.45, 7) is 0.401. The minimum atomic E-state index is -4.55. The highest BCUT2D eigenvalue weighted by Crippen LogP contribution is 2.40. The zero-order valence-corrected chi connectivity index (χ0v) is 12.2. The Balaban J connectivity index is 2.05. The van der Waals surface area contributed by atoms with Gasteiger partial charge in [-0.2, -0.15) is 22.8 Å². The Morgan fingerprint density at radius 1 is 1.14 bits per heavy atom. The molecule has 2 N–H and O–H groups in total. The summed E-state index contributed by atoms with van der Waals surface area (Å²) in [7, 11) is 0. The summed E-state index contributed by atoms with van der Waals surface area (Å²) >= 11 is 1.17. The molecule has 9 heteroatoms. The molecular weight excluding hydrogens is 303 g/mol. The van der Waals surface area contributed by atoms with Gasteiger partial charge in [0.1, 0.15) is 5.01 Å². The number of alkyl halides is 3.